The van der Waals surface area contributed by atoms with Crippen molar-refractivity contribution in [3.8, 4) is 16.9 Å². The topological polar surface area (TPSA) is 84.2 Å². The molecule has 162 valence electrons. The lowest BCUT2D eigenvalue weighted by atomic mass is 10.1. The van der Waals surface area contributed by atoms with E-state index >= 15 is 0 Å². The molecule has 6 nitrogen and oxygen atoms in total. The second-order valence-corrected chi connectivity index (χ2v) is 7.29. The fraction of sp³-hybridized carbons (Fsp3) is 0.150. The van der Waals surface area contributed by atoms with Gasteiger partial charge in [-0.25, -0.2) is 0 Å². The van der Waals surface area contributed by atoms with Gasteiger partial charge in [0.25, 0.3) is 11.5 Å². The summed E-state index contributed by atoms with van der Waals surface area (Å²) in [7, 11) is 0. The fourth-order valence-electron chi connectivity index (χ4n) is 2.60. The van der Waals surface area contributed by atoms with Gasteiger partial charge in [-0.1, -0.05) is 41.4 Å². The molecule has 11 heteroatoms. The van der Waals surface area contributed by atoms with Gasteiger partial charge in [-0.15, -0.1) is 0 Å². The molecule has 1 aromatic heterocycles. The molecule has 0 spiro atoms. The molecule has 0 aliphatic heterocycles. The lowest BCUT2D eigenvalue weighted by molar-refractivity contribution is -0.201. The second kappa shape index (κ2) is 9.09. The number of rotatable bonds is 5. The third kappa shape index (κ3) is 5.43. The summed E-state index contributed by atoms with van der Waals surface area (Å²) < 4.78 is 38.5. The van der Waals surface area contributed by atoms with Crippen molar-refractivity contribution >= 4 is 29.1 Å². The standard InChI is InChI=1S/C20H14Cl2F3N3O3/c21-12-6-4-11(5-7-12)16-9-15(18(30)26-10-17(29)20(23,24)25)19(31)28(27-16)14-3-1-2-13(22)8-14/h1-9,17,29H,10H2,(H,26,30)/t17-/m1/s1. The van der Waals surface area contributed by atoms with Gasteiger partial charge in [-0.2, -0.15) is 23.0 Å². The van der Waals surface area contributed by atoms with Crippen LogP contribution in [0.3, 0.4) is 0 Å². The number of hydrogen-bond acceptors (Lipinski definition) is 4. The van der Waals surface area contributed by atoms with Crippen molar-refractivity contribution in [3.63, 3.8) is 0 Å². The normalized spacial score (nSPS) is 12.5. The van der Waals surface area contributed by atoms with E-state index in [1.54, 1.807) is 36.4 Å². The van der Waals surface area contributed by atoms with Crippen molar-refractivity contribution < 1.29 is 23.1 Å². The van der Waals surface area contributed by atoms with Crippen LogP contribution in [0.1, 0.15) is 10.4 Å². The van der Waals surface area contributed by atoms with Gasteiger partial charge in [0, 0.05) is 15.6 Å². The lowest BCUT2D eigenvalue weighted by Crippen LogP contribution is -2.42. The molecule has 2 N–H and O–H groups in total. The van der Waals surface area contributed by atoms with Gasteiger partial charge in [0.2, 0.25) is 0 Å². The van der Waals surface area contributed by atoms with Crippen LogP contribution in [-0.4, -0.2) is 39.6 Å². The highest BCUT2D eigenvalue weighted by molar-refractivity contribution is 6.31. The Hall–Kier alpha value is -2.88. The number of hydrogen-bond donors (Lipinski definition) is 2. The van der Waals surface area contributed by atoms with Crippen molar-refractivity contribution in [1.29, 1.82) is 0 Å². The zero-order chi connectivity index (χ0) is 22.8. The number of aliphatic hydroxyl groups excluding tert-OH is 1. The molecule has 0 fully saturated rings. The van der Waals surface area contributed by atoms with E-state index in [0.717, 1.165) is 10.7 Å². The van der Waals surface area contributed by atoms with Gasteiger partial charge in [-0.05, 0) is 36.4 Å². The minimum Gasteiger partial charge on any atom is -0.382 e. The van der Waals surface area contributed by atoms with E-state index in [0.29, 0.717) is 15.6 Å². The van der Waals surface area contributed by atoms with Gasteiger partial charge >= 0.3 is 6.18 Å². The summed E-state index contributed by atoms with van der Waals surface area (Å²) in [6, 6.07) is 13.6. The molecule has 1 amide bonds. The van der Waals surface area contributed by atoms with Crippen molar-refractivity contribution in [2.45, 2.75) is 12.3 Å². The molecule has 0 saturated heterocycles. The summed E-state index contributed by atoms with van der Waals surface area (Å²) in [6.07, 6.45) is -7.69. The van der Waals surface area contributed by atoms with Crippen LogP contribution in [-0.2, 0) is 0 Å². The van der Waals surface area contributed by atoms with Crippen LogP contribution >= 0.6 is 23.2 Å². The quantitative estimate of drug-likeness (QED) is 0.591. The Labute approximate surface area is 183 Å². The maximum absolute atomic E-state index is 12.9. The monoisotopic (exact) mass is 471 g/mol. The van der Waals surface area contributed by atoms with Gasteiger partial charge in [-0.3, -0.25) is 9.59 Å². The van der Waals surface area contributed by atoms with Gasteiger partial charge < -0.3 is 10.4 Å². The summed E-state index contributed by atoms with van der Waals surface area (Å²) in [6.45, 7) is -1.11. The average molecular weight is 472 g/mol. The van der Waals surface area contributed by atoms with Gasteiger partial charge in [0.1, 0.15) is 5.56 Å². The molecule has 0 aliphatic carbocycles. The summed E-state index contributed by atoms with van der Waals surface area (Å²) in [4.78, 5) is 25.4. The third-order valence-corrected chi connectivity index (χ3v) is 4.67. The molecule has 1 heterocycles. The number of alkyl halides is 3. The van der Waals surface area contributed by atoms with Crippen LogP contribution < -0.4 is 10.9 Å². The summed E-state index contributed by atoms with van der Waals surface area (Å²) in [5, 5.41) is 16.0. The summed E-state index contributed by atoms with van der Waals surface area (Å²) in [5.41, 5.74) is -0.395. The number of aliphatic hydroxyl groups is 1. The van der Waals surface area contributed by atoms with E-state index in [9.17, 15) is 22.8 Å². The number of amides is 1. The Kier molecular flexibility index (Phi) is 6.68. The highest BCUT2D eigenvalue weighted by atomic mass is 35.5. The van der Waals surface area contributed by atoms with Crippen molar-refractivity contribution in [2.75, 3.05) is 6.54 Å². The minimum atomic E-state index is -4.92. The molecular formula is C20H14Cl2F3N3O3. The Morgan fingerprint density at radius 3 is 2.39 bits per heavy atom. The Morgan fingerprint density at radius 2 is 1.77 bits per heavy atom. The molecule has 0 bridgehead atoms. The first-order valence-electron chi connectivity index (χ1n) is 8.75. The van der Waals surface area contributed by atoms with Crippen LogP contribution in [0.15, 0.2) is 59.4 Å². The molecule has 1 atom stereocenters. The largest absolute Gasteiger partial charge is 0.416 e. The number of benzene rings is 2. The van der Waals surface area contributed by atoms with Crippen LogP contribution in [0, 0.1) is 0 Å². The van der Waals surface area contributed by atoms with Gasteiger partial charge in [0.05, 0.1) is 17.9 Å². The molecule has 0 saturated carbocycles. The first-order valence-corrected chi connectivity index (χ1v) is 9.51. The van der Waals surface area contributed by atoms with Crippen molar-refractivity contribution in [3.05, 3.63) is 80.6 Å². The lowest BCUT2D eigenvalue weighted by Gasteiger charge is -2.15. The second-order valence-electron chi connectivity index (χ2n) is 6.41. The van der Waals surface area contributed by atoms with E-state index in [2.05, 4.69) is 5.10 Å². The molecule has 0 unspecified atom stereocenters. The summed E-state index contributed by atoms with van der Waals surface area (Å²) >= 11 is 11.9. The van der Waals surface area contributed by atoms with Crippen LogP contribution in [0.4, 0.5) is 13.2 Å². The molecule has 31 heavy (non-hydrogen) atoms. The number of halogens is 5. The summed E-state index contributed by atoms with van der Waals surface area (Å²) in [5.74, 6) is -1.10. The predicted molar refractivity (Wildman–Crippen MR) is 110 cm³/mol. The number of aromatic nitrogens is 2. The maximum atomic E-state index is 12.9. The van der Waals surface area contributed by atoms with Crippen LogP contribution in [0.5, 0.6) is 0 Å². The van der Waals surface area contributed by atoms with Gasteiger partial charge in [0.15, 0.2) is 6.10 Å². The molecule has 0 aliphatic rings. The van der Waals surface area contributed by atoms with E-state index in [1.165, 1.54) is 12.1 Å². The Morgan fingerprint density at radius 1 is 1.10 bits per heavy atom. The van der Waals surface area contributed by atoms with Crippen LogP contribution in [0.25, 0.3) is 16.9 Å². The Balaban J connectivity index is 2.08. The van der Waals surface area contributed by atoms with E-state index in [4.69, 9.17) is 28.3 Å². The zero-order valence-electron chi connectivity index (χ0n) is 15.5. The van der Waals surface area contributed by atoms with Crippen LogP contribution in [0.2, 0.25) is 10.0 Å². The third-order valence-electron chi connectivity index (χ3n) is 4.18. The minimum absolute atomic E-state index is 0.192. The van der Waals surface area contributed by atoms with Crippen molar-refractivity contribution in [1.82, 2.24) is 15.1 Å². The van der Waals surface area contributed by atoms with E-state index in [1.807, 2.05) is 5.32 Å². The molecule has 2 aromatic carbocycles. The first-order chi connectivity index (χ1) is 14.6. The fourth-order valence-corrected chi connectivity index (χ4v) is 2.91. The maximum Gasteiger partial charge on any atom is 0.416 e. The number of nitrogens with zero attached hydrogens (tertiary/aromatic N) is 2. The zero-order valence-corrected chi connectivity index (χ0v) is 17.0. The highest BCUT2D eigenvalue weighted by Crippen LogP contribution is 2.22. The van der Waals surface area contributed by atoms with E-state index in [-0.39, 0.29) is 11.4 Å². The number of nitrogens with one attached hydrogen (secondary N) is 1. The molecular weight excluding hydrogens is 458 g/mol. The number of carbonyl (C=O) groups is 1. The first kappa shape index (κ1) is 22.8. The van der Waals surface area contributed by atoms with E-state index < -0.39 is 35.9 Å². The molecule has 0 radical (unpaired) electrons. The predicted octanol–water partition coefficient (Wildman–Crippen LogP) is 3.86. The average Bonchev–Trinajstić information content (AvgIpc) is 2.72. The highest BCUT2D eigenvalue weighted by Gasteiger charge is 2.38. The molecule has 3 aromatic rings. The van der Waals surface area contributed by atoms with Crippen molar-refractivity contribution in [2.24, 2.45) is 0 Å². The Bertz CT molecular complexity index is 1160. The SMILES string of the molecule is O=C(NC[C@@H](O)C(F)(F)F)c1cc(-c2ccc(Cl)cc2)nn(-c2cccc(Cl)c2)c1=O. The number of carbonyl (C=O) groups excluding carboxylic acids is 1. The molecule has 3 rings (SSSR count). The smallest absolute Gasteiger partial charge is 0.382 e.